The van der Waals surface area contributed by atoms with Crippen LogP contribution in [0.25, 0.3) is 0 Å². The molecule has 0 radical (unpaired) electrons. The van der Waals surface area contributed by atoms with E-state index in [1.807, 2.05) is 0 Å². The maximum Gasteiger partial charge on any atom is 0.243 e. The number of aryl methyl sites for hydroxylation is 1. The molecule has 1 aliphatic heterocycles. The second-order valence-corrected chi connectivity index (χ2v) is 9.30. The van der Waals surface area contributed by atoms with Crippen LogP contribution in [-0.4, -0.2) is 45.7 Å². The highest BCUT2D eigenvalue weighted by atomic mass is 32.2. The van der Waals surface area contributed by atoms with E-state index in [0.29, 0.717) is 17.7 Å². The Morgan fingerprint density at radius 2 is 2.00 bits per heavy atom. The number of nitrogens with two attached hydrogens (primary N) is 1. The number of sulfone groups is 1. The first kappa shape index (κ1) is 15.3. The summed E-state index contributed by atoms with van der Waals surface area (Å²) in [5.41, 5.74) is 6.59. The summed E-state index contributed by atoms with van der Waals surface area (Å²) in [6, 6.07) is 4.17. The molecule has 112 valence electrons. The smallest absolute Gasteiger partial charge is 0.243 e. The van der Waals surface area contributed by atoms with Crippen LogP contribution in [0.15, 0.2) is 23.1 Å². The Hall–Kier alpha value is -1.12. The molecule has 1 heterocycles. The minimum absolute atomic E-state index is 0.0352. The van der Waals surface area contributed by atoms with E-state index < -0.39 is 25.9 Å². The van der Waals surface area contributed by atoms with Crippen molar-refractivity contribution in [2.75, 3.05) is 24.3 Å². The summed E-state index contributed by atoms with van der Waals surface area (Å²) in [5.74, 6) is -0.0858. The SMILES string of the molecule is Cc1ccc(N)cc1S(=O)(=O)N(C)C1CCS(=O)(=O)C1. The monoisotopic (exact) mass is 318 g/mol. The molecule has 2 rings (SSSR count). The summed E-state index contributed by atoms with van der Waals surface area (Å²) in [7, 11) is -5.45. The van der Waals surface area contributed by atoms with Gasteiger partial charge in [0.05, 0.1) is 16.4 Å². The van der Waals surface area contributed by atoms with Gasteiger partial charge in [-0.1, -0.05) is 6.07 Å². The van der Waals surface area contributed by atoms with Crippen LogP contribution in [0.4, 0.5) is 5.69 Å². The van der Waals surface area contributed by atoms with Gasteiger partial charge in [-0.2, -0.15) is 4.31 Å². The summed E-state index contributed by atoms with van der Waals surface area (Å²) < 4.78 is 49.3. The predicted molar refractivity (Wildman–Crippen MR) is 77.6 cm³/mol. The topological polar surface area (TPSA) is 97.5 Å². The van der Waals surface area contributed by atoms with E-state index >= 15 is 0 Å². The zero-order valence-electron chi connectivity index (χ0n) is 11.4. The number of hydrogen-bond acceptors (Lipinski definition) is 5. The van der Waals surface area contributed by atoms with Crippen molar-refractivity contribution in [2.24, 2.45) is 0 Å². The molecule has 2 N–H and O–H groups in total. The van der Waals surface area contributed by atoms with Crippen LogP contribution >= 0.6 is 0 Å². The maximum absolute atomic E-state index is 12.6. The third-order valence-electron chi connectivity index (χ3n) is 3.59. The van der Waals surface area contributed by atoms with Gasteiger partial charge in [0.15, 0.2) is 9.84 Å². The van der Waals surface area contributed by atoms with Crippen LogP contribution in [0.2, 0.25) is 0 Å². The van der Waals surface area contributed by atoms with Crippen LogP contribution in [0.5, 0.6) is 0 Å². The van der Waals surface area contributed by atoms with Crippen molar-refractivity contribution in [1.29, 1.82) is 0 Å². The Morgan fingerprint density at radius 3 is 2.55 bits per heavy atom. The Labute approximate surface area is 119 Å². The summed E-state index contributed by atoms with van der Waals surface area (Å²) in [6.07, 6.45) is 0.333. The van der Waals surface area contributed by atoms with Crippen LogP contribution in [0.3, 0.4) is 0 Å². The van der Waals surface area contributed by atoms with Gasteiger partial charge in [-0.05, 0) is 31.0 Å². The van der Waals surface area contributed by atoms with Crippen LogP contribution in [-0.2, 0) is 19.9 Å². The molecule has 0 aromatic heterocycles. The fourth-order valence-electron chi connectivity index (χ4n) is 2.31. The van der Waals surface area contributed by atoms with Crippen molar-refractivity contribution in [1.82, 2.24) is 4.31 Å². The predicted octanol–water partition coefficient (Wildman–Crippen LogP) is 0.385. The van der Waals surface area contributed by atoms with Crippen molar-refractivity contribution in [3.05, 3.63) is 23.8 Å². The number of benzene rings is 1. The molecule has 0 amide bonds. The Bertz CT molecular complexity index is 726. The molecule has 6 nitrogen and oxygen atoms in total. The Balaban J connectivity index is 2.38. The number of rotatable bonds is 3. The lowest BCUT2D eigenvalue weighted by Crippen LogP contribution is -2.38. The van der Waals surface area contributed by atoms with Gasteiger partial charge in [0.2, 0.25) is 10.0 Å². The molecule has 1 fully saturated rings. The zero-order chi connectivity index (χ0) is 15.1. The van der Waals surface area contributed by atoms with E-state index in [1.54, 1.807) is 19.1 Å². The van der Waals surface area contributed by atoms with Gasteiger partial charge in [0.25, 0.3) is 0 Å². The van der Waals surface area contributed by atoms with Crippen LogP contribution < -0.4 is 5.73 Å². The van der Waals surface area contributed by atoms with Crippen molar-refractivity contribution >= 4 is 25.5 Å². The van der Waals surface area contributed by atoms with E-state index in [1.165, 1.54) is 13.1 Å². The van der Waals surface area contributed by atoms with E-state index in [2.05, 4.69) is 0 Å². The first-order chi connectivity index (χ1) is 9.13. The summed E-state index contributed by atoms with van der Waals surface area (Å²) in [6.45, 7) is 1.69. The highest BCUT2D eigenvalue weighted by Crippen LogP contribution is 2.26. The van der Waals surface area contributed by atoms with Crippen LogP contribution in [0.1, 0.15) is 12.0 Å². The first-order valence-corrected chi connectivity index (χ1v) is 9.44. The standard InChI is InChI=1S/C12H18N2O4S2/c1-9-3-4-10(13)7-12(9)20(17,18)14(2)11-5-6-19(15,16)8-11/h3-4,7,11H,5-6,8,13H2,1-2H3. The highest BCUT2D eigenvalue weighted by molar-refractivity contribution is 7.92. The normalized spacial score (nSPS) is 22.2. The average molecular weight is 318 g/mol. The third kappa shape index (κ3) is 2.82. The molecule has 0 saturated carbocycles. The molecule has 0 bridgehead atoms. The highest BCUT2D eigenvalue weighted by Gasteiger charge is 2.36. The quantitative estimate of drug-likeness (QED) is 0.813. The fourth-order valence-corrected chi connectivity index (χ4v) is 5.82. The molecule has 8 heteroatoms. The minimum Gasteiger partial charge on any atom is -0.399 e. The second kappa shape index (κ2) is 5.01. The molecule has 1 aromatic carbocycles. The maximum atomic E-state index is 12.6. The molecule has 1 saturated heterocycles. The summed E-state index contributed by atoms with van der Waals surface area (Å²) in [5, 5.41) is 0. The molecule has 20 heavy (non-hydrogen) atoms. The van der Waals surface area contributed by atoms with Gasteiger partial charge in [0.1, 0.15) is 0 Å². The summed E-state index contributed by atoms with van der Waals surface area (Å²) >= 11 is 0. The van der Waals surface area contributed by atoms with Gasteiger partial charge in [-0.25, -0.2) is 16.8 Å². The van der Waals surface area contributed by atoms with Crippen molar-refractivity contribution < 1.29 is 16.8 Å². The lowest BCUT2D eigenvalue weighted by Gasteiger charge is -2.23. The van der Waals surface area contributed by atoms with Gasteiger partial charge in [-0.15, -0.1) is 0 Å². The van der Waals surface area contributed by atoms with Crippen molar-refractivity contribution in [2.45, 2.75) is 24.3 Å². The van der Waals surface area contributed by atoms with Crippen LogP contribution in [0, 0.1) is 6.92 Å². The number of anilines is 1. The number of nitrogens with zero attached hydrogens (tertiary/aromatic N) is 1. The molecule has 1 atom stereocenters. The molecular formula is C12H18N2O4S2. The third-order valence-corrected chi connectivity index (χ3v) is 7.39. The molecule has 0 aliphatic carbocycles. The minimum atomic E-state index is -3.74. The summed E-state index contributed by atoms with van der Waals surface area (Å²) in [4.78, 5) is 0.129. The van der Waals surface area contributed by atoms with Gasteiger partial charge < -0.3 is 5.73 Å². The second-order valence-electron chi connectivity index (χ2n) is 5.10. The van der Waals surface area contributed by atoms with Gasteiger partial charge in [0, 0.05) is 18.8 Å². The molecular weight excluding hydrogens is 300 g/mol. The lowest BCUT2D eigenvalue weighted by atomic mass is 10.2. The molecule has 1 unspecified atom stereocenters. The Morgan fingerprint density at radius 1 is 1.35 bits per heavy atom. The van der Waals surface area contributed by atoms with E-state index in [9.17, 15) is 16.8 Å². The number of hydrogen-bond donors (Lipinski definition) is 1. The first-order valence-electron chi connectivity index (χ1n) is 6.18. The van der Waals surface area contributed by atoms with E-state index in [0.717, 1.165) is 4.31 Å². The lowest BCUT2D eigenvalue weighted by molar-refractivity contribution is 0.393. The van der Waals surface area contributed by atoms with Crippen molar-refractivity contribution in [3.63, 3.8) is 0 Å². The van der Waals surface area contributed by atoms with Gasteiger partial charge in [-0.3, -0.25) is 0 Å². The van der Waals surface area contributed by atoms with E-state index in [-0.39, 0.29) is 16.4 Å². The average Bonchev–Trinajstić information content (AvgIpc) is 2.71. The number of sulfonamides is 1. The number of nitrogen functional groups attached to an aromatic ring is 1. The largest absolute Gasteiger partial charge is 0.399 e. The molecule has 0 spiro atoms. The Kier molecular flexibility index (Phi) is 3.83. The molecule has 1 aromatic rings. The fraction of sp³-hybridized carbons (Fsp3) is 0.500. The van der Waals surface area contributed by atoms with Gasteiger partial charge >= 0.3 is 0 Å². The van der Waals surface area contributed by atoms with Crippen molar-refractivity contribution in [3.8, 4) is 0 Å². The molecule has 1 aliphatic rings. The van der Waals surface area contributed by atoms with E-state index in [4.69, 9.17) is 5.73 Å². The zero-order valence-corrected chi connectivity index (χ0v) is 13.0.